The molecular formula is C21H20O6. The fourth-order valence-corrected chi connectivity index (χ4v) is 2.94. The summed E-state index contributed by atoms with van der Waals surface area (Å²) in [5, 5.41) is 30.1. The van der Waals surface area contributed by atoms with Gasteiger partial charge in [0, 0.05) is 23.3 Å². The van der Waals surface area contributed by atoms with Gasteiger partial charge in [0.2, 0.25) is 5.43 Å². The number of hydrogen-bond donors (Lipinski definition) is 3. The number of rotatable bonds is 4. The Hall–Kier alpha value is -3.41. The summed E-state index contributed by atoms with van der Waals surface area (Å²) in [7, 11) is 1.42. The van der Waals surface area contributed by atoms with Crippen molar-refractivity contribution in [3.05, 3.63) is 58.0 Å². The maximum absolute atomic E-state index is 13.1. The van der Waals surface area contributed by atoms with Crippen LogP contribution in [0.3, 0.4) is 0 Å². The number of phenols is 3. The molecule has 3 aromatic rings. The maximum atomic E-state index is 13.1. The zero-order valence-corrected chi connectivity index (χ0v) is 15.2. The lowest BCUT2D eigenvalue weighted by atomic mass is 10.0. The van der Waals surface area contributed by atoms with Crippen LogP contribution in [0.2, 0.25) is 0 Å². The molecule has 0 bridgehead atoms. The Bertz CT molecular complexity index is 1100. The highest BCUT2D eigenvalue weighted by molar-refractivity contribution is 5.90. The van der Waals surface area contributed by atoms with Gasteiger partial charge in [-0.3, -0.25) is 4.79 Å². The van der Waals surface area contributed by atoms with Crippen LogP contribution in [0.15, 0.2) is 51.4 Å². The summed E-state index contributed by atoms with van der Waals surface area (Å²) < 4.78 is 11.0. The van der Waals surface area contributed by atoms with Crippen molar-refractivity contribution in [3.63, 3.8) is 0 Å². The van der Waals surface area contributed by atoms with E-state index in [0.717, 1.165) is 11.6 Å². The third-order valence-electron chi connectivity index (χ3n) is 4.29. The third kappa shape index (κ3) is 3.33. The Labute approximate surface area is 155 Å². The minimum absolute atomic E-state index is 0.0276. The molecule has 0 aliphatic rings. The van der Waals surface area contributed by atoms with E-state index in [9.17, 15) is 20.1 Å². The SMILES string of the molecule is COc1c(CC=C(C)C)c(O)cc2occ(-c3ccc(O)cc3O)c(=O)c12. The van der Waals surface area contributed by atoms with E-state index in [-0.39, 0.29) is 45.1 Å². The lowest BCUT2D eigenvalue weighted by Crippen LogP contribution is -2.08. The van der Waals surface area contributed by atoms with E-state index in [1.165, 1.54) is 31.6 Å². The molecule has 140 valence electrons. The Kier molecular flexibility index (Phi) is 4.81. The second-order valence-corrected chi connectivity index (χ2v) is 6.45. The van der Waals surface area contributed by atoms with E-state index >= 15 is 0 Å². The molecule has 0 aliphatic carbocycles. The largest absolute Gasteiger partial charge is 0.508 e. The van der Waals surface area contributed by atoms with Gasteiger partial charge in [-0.25, -0.2) is 0 Å². The first kappa shape index (κ1) is 18.4. The summed E-state index contributed by atoms with van der Waals surface area (Å²) >= 11 is 0. The average Bonchev–Trinajstić information content (AvgIpc) is 2.60. The Morgan fingerprint density at radius 1 is 1.11 bits per heavy atom. The van der Waals surface area contributed by atoms with Gasteiger partial charge in [-0.2, -0.15) is 0 Å². The summed E-state index contributed by atoms with van der Waals surface area (Å²) in [6, 6.07) is 5.33. The predicted molar refractivity (Wildman–Crippen MR) is 103 cm³/mol. The molecule has 0 unspecified atom stereocenters. The molecule has 1 aromatic heterocycles. The van der Waals surface area contributed by atoms with Gasteiger partial charge in [0.25, 0.3) is 0 Å². The zero-order valence-electron chi connectivity index (χ0n) is 15.2. The normalized spacial score (nSPS) is 10.8. The van der Waals surface area contributed by atoms with Gasteiger partial charge in [0.1, 0.15) is 40.2 Å². The summed E-state index contributed by atoms with van der Waals surface area (Å²) in [4.78, 5) is 13.1. The lowest BCUT2D eigenvalue weighted by Gasteiger charge is -2.13. The van der Waals surface area contributed by atoms with Crippen LogP contribution in [0, 0.1) is 0 Å². The molecule has 0 atom stereocenters. The van der Waals surface area contributed by atoms with Crippen LogP contribution in [0.25, 0.3) is 22.1 Å². The highest BCUT2D eigenvalue weighted by atomic mass is 16.5. The summed E-state index contributed by atoms with van der Waals surface area (Å²) in [5.74, 6) is -0.159. The molecule has 0 aliphatic heterocycles. The van der Waals surface area contributed by atoms with Gasteiger partial charge in [0.15, 0.2) is 0 Å². The minimum atomic E-state index is -0.410. The number of fused-ring (bicyclic) bond motifs is 1. The van der Waals surface area contributed by atoms with Crippen molar-refractivity contribution >= 4 is 11.0 Å². The van der Waals surface area contributed by atoms with Crippen LogP contribution in [0.5, 0.6) is 23.0 Å². The lowest BCUT2D eigenvalue weighted by molar-refractivity contribution is 0.404. The predicted octanol–water partition coefficient (Wildman–Crippen LogP) is 4.09. The molecule has 3 N–H and O–H groups in total. The first-order chi connectivity index (χ1) is 12.8. The molecule has 0 saturated heterocycles. The Balaban J connectivity index is 2.32. The van der Waals surface area contributed by atoms with Gasteiger partial charge in [-0.1, -0.05) is 11.6 Å². The topological polar surface area (TPSA) is 100 Å². The number of benzene rings is 2. The van der Waals surface area contributed by atoms with Crippen LogP contribution in [-0.2, 0) is 6.42 Å². The van der Waals surface area contributed by atoms with Gasteiger partial charge in [0.05, 0.1) is 12.7 Å². The molecule has 0 radical (unpaired) electrons. The molecule has 27 heavy (non-hydrogen) atoms. The third-order valence-corrected chi connectivity index (χ3v) is 4.29. The fourth-order valence-electron chi connectivity index (χ4n) is 2.94. The van der Waals surface area contributed by atoms with Crippen molar-refractivity contribution in [2.45, 2.75) is 20.3 Å². The van der Waals surface area contributed by atoms with Crippen molar-refractivity contribution in [3.8, 4) is 34.1 Å². The average molecular weight is 368 g/mol. The van der Waals surface area contributed by atoms with Gasteiger partial charge in [-0.15, -0.1) is 0 Å². The van der Waals surface area contributed by atoms with Crippen molar-refractivity contribution in [2.75, 3.05) is 7.11 Å². The maximum Gasteiger partial charge on any atom is 0.204 e. The van der Waals surface area contributed by atoms with Crippen LogP contribution in [-0.4, -0.2) is 22.4 Å². The van der Waals surface area contributed by atoms with Crippen molar-refractivity contribution in [1.29, 1.82) is 0 Å². The van der Waals surface area contributed by atoms with Gasteiger partial charge < -0.3 is 24.5 Å². The van der Waals surface area contributed by atoms with Crippen LogP contribution >= 0.6 is 0 Å². The molecular weight excluding hydrogens is 348 g/mol. The van der Waals surface area contributed by atoms with E-state index < -0.39 is 5.43 Å². The summed E-state index contributed by atoms with van der Waals surface area (Å²) in [6.45, 7) is 3.87. The molecule has 1 heterocycles. The van der Waals surface area contributed by atoms with Crippen LogP contribution in [0.1, 0.15) is 19.4 Å². The van der Waals surface area contributed by atoms with E-state index in [1.54, 1.807) is 0 Å². The molecule has 0 spiro atoms. The molecule has 0 fully saturated rings. The molecule has 6 nitrogen and oxygen atoms in total. The second kappa shape index (κ2) is 7.07. The van der Waals surface area contributed by atoms with Crippen molar-refractivity contribution in [2.24, 2.45) is 0 Å². The number of aromatic hydroxyl groups is 3. The monoisotopic (exact) mass is 368 g/mol. The van der Waals surface area contributed by atoms with Crippen LogP contribution < -0.4 is 10.2 Å². The number of allylic oxidation sites excluding steroid dienone is 2. The molecule has 0 amide bonds. The van der Waals surface area contributed by atoms with E-state index in [1.807, 2.05) is 19.9 Å². The van der Waals surface area contributed by atoms with Crippen LogP contribution in [0.4, 0.5) is 0 Å². The number of methoxy groups -OCH3 is 1. The van der Waals surface area contributed by atoms with Gasteiger partial charge in [-0.05, 0) is 32.4 Å². The zero-order chi connectivity index (χ0) is 19.7. The molecule has 3 rings (SSSR count). The van der Waals surface area contributed by atoms with Crippen molar-refractivity contribution < 1.29 is 24.5 Å². The van der Waals surface area contributed by atoms with E-state index in [0.29, 0.717) is 12.0 Å². The van der Waals surface area contributed by atoms with Gasteiger partial charge >= 0.3 is 0 Å². The highest BCUT2D eigenvalue weighted by Crippen LogP contribution is 2.38. The molecule has 2 aromatic carbocycles. The van der Waals surface area contributed by atoms with E-state index in [2.05, 4.69) is 0 Å². The second-order valence-electron chi connectivity index (χ2n) is 6.45. The first-order valence-electron chi connectivity index (χ1n) is 8.33. The van der Waals surface area contributed by atoms with E-state index in [4.69, 9.17) is 9.15 Å². The first-order valence-corrected chi connectivity index (χ1v) is 8.33. The number of phenolic OH excluding ortho intramolecular Hbond substituents is 3. The Morgan fingerprint density at radius 3 is 2.48 bits per heavy atom. The van der Waals surface area contributed by atoms with Crippen molar-refractivity contribution in [1.82, 2.24) is 0 Å². The standard InChI is InChI=1S/C21H20O6/c1-11(2)4-6-14-17(24)9-18-19(21(14)26-3)20(25)15(10-27-18)13-7-5-12(22)8-16(13)23/h4-5,7-10,22-24H,6H2,1-3H3. The quantitative estimate of drug-likeness (QED) is 0.600. The highest BCUT2D eigenvalue weighted by Gasteiger charge is 2.20. The molecule has 6 heteroatoms. The number of hydrogen-bond acceptors (Lipinski definition) is 6. The molecule has 0 saturated carbocycles. The summed E-state index contributed by atoms with van der Waals surface area (Å²) in [5.41, 5.74) is 1.66. The smallest absolute Gasteiger partial charge is 0.204 e. The number of ether oxygens (including phenoxy) is 1. The minimum Gasteiger partial charge on any atom is -0.508 e. The summed E-state index contributed by atoms with van der Waals surface area (Å²) in [6.07, 6.45) is 3.52. The fraction of sp³-hybridized carbons (Fsp3) is 0.190. The Morgan fingerprint density at radius 2 is 1.85 bits per heavy atom.